The molecule has 1 saturated heterocycles. The molecule has 0 radical (unpaired) electrons. The van der Waals surface area contributed by atoms with E-state index in [0.717, 1.165) is 28.6 Å². The molecule has 4 rings (SSSR count). The summed E-state index contributed by atoms with van der Waals surface area (Å²) in [7, 11) is 0. The second-order valence-electron chi connectivity index (χ2n) is 7.38. The van der Waals surface area contributed by atoms with Crippen LogP contribution in [0.25, 0.3) is 10.9 Å². The van der Waals surface area contributed by atoms with Crippen LogP contribution >= 0.6 is 0 Å². The lowest BCUT2D eigenvalue weighted by Gasteiger charge is -2.29. The van der Waals surface area contributed by atoms with Crippen molar-refractivity contribution >= 4 is 16.6 Å². The highest BCUT2D eigenvalue weighted by atomic mass is 16.5. The van der Waals surface area contributed by atoms with Crippen LogP contribution in [0.15, 0.2) is 23.2 Å². The first-order valence-corrected chi connectivity index (χ1v) is 9.77. The average molecular weight is 356 g/mol. The predicted octanol–water partition coefficient (Wildman–Crippen LogP) is 3.72. The van der Waals surface area contributed by atoms with Gasteiger partial charge in [0.2, 0.25) is 5.88 Å². The van der Waals surface area contributed by atoms with Gasteiger partial charge in [0.25, 0.3) is 0 Å². The number of hydrogen-bond acceptors (Lipinski definition) is 4. The van der Waals surface area contributed by atoms with Gasteiger partial charge in [-0.05, 0) is 30.0 Å². The summed E-state index contributed by atoms with van der Waals surface area (Å²) in [6, 6.07) is 6.80. The molecule has 140 valence electrons. The molecule has 0 unspecified atom stereocenters. The van der Waals surface area contributed by atoms with E-state index in [1.54, 1.807) is 0 Å². The van der Waals surface area contributed by atoms with Crippen molar-refractivity contribution in [1.29, 1.82) is 0 Å². The predicted molar refractivity (Wildman–Crippen MR) is 103 cm³/mol. The molecule has 2 aliphatic heterocycles. The zero-order chi connectivity index (χ0) is 18.1. The molecule has 0 spiro atoms. The molecule has 5 heteroatoms. The Bertz CT molecular complexity index is 816. The summed E-state index contributed by atoms with van der Waals surface area (Å²) in [4.78, 5) is 4.64. The van der Waals surface area contributed by atoms with Gasteiger partial charge in [-0.1, -0.05) is 32.8 Å². The van der Waals surface area contributed by atoms with E-state index >= 15 is 0 Å². The largest absolute Gasteiger partial charge is 0.494 e. The molecule has 5 nitrogen and oxygen atoms in total. The van der Waals surface area contributed by atoms with Crippen LogP contribution in [0, 0.1) is 5.92 Å². The maximum atomic E-state index is 11.0. The third-order valence-corrected chi connectivity index (χ3v) is 5.77. The van der Waals surface area contributed by atoms with Crippen LogP contribution in [0.3, 0.4) is 0 Å². The lowest BCUT2D eigenvalue weighted by molar-refractivity contribution is -0.0238. The van der Waals surface area contributed by atoms with E-state index in [9.17, 15) is 5.11 Å². The highest BCUT2D eigenvalue weighted by molar-refractivity contribution is 6.14. The maximum absolute atomic E-state index is 11.0. The van der Waals surface area contributed by atoms with Crippen LogP contribution < -0.4 is 0 Å². The van der Waals surface area contributed by atoms with E-state index in [4.69, 9.17) is 9.47 Å². The highest BCUT2D eigenvalue weighted by Crippen LogP contribution is 2.38. The molecule has 1 N–H and O–H groups in total. The van der Waals surface area contributed by atoms with E-state index in [2.05, 4.69) is 37.0 Å². The van der Waals surface area contributed by atoms with Gasteiger partial charge >= 0.3 is 0 Å². The fourth-order valence-corrected chi connectivity index (χ4v) is 4.02. The second-order valence-corrected chi connectivity index (χ2v) is 7.38. The monoisotopic (exact) mass is 356 g/mol. The molecule has 26 heavy (non-hydrogen) atoms. The Morgan fingerprint density at radius 1 is 1.23 bits per heavy atom. The minimum absolute atomic E-state index is 0.196. The van der Waals surface area contributed by atoms with Gasteiger partial charge in [-0.2, -0.15) is 0 Å². The Hall–Kier alpha value is -1.85. The number of aliphatic imine (C=N–C) groups is 1. The normalized spacial score (nSPS) is 18.3. The van der Waals surface area contributed by atoms with Crippen LogP contribution in [0.4, 0.5) is 0 Å². The van der Waals surface area contributed by atoms with E-state index in [-0.39, 0.29) is 6.04 Å². The smallest absolute Gasteiger partial charge is 0.201 e. The SMILES string of the molecule is CCC(CC)Cc1ccc2c(c1)c(C1=NCCOC1)c(O)n2C1COC1. The average Bonchev–Trinajstić information content (AvgIpc) is 2.91. The Morgan fingerprint density at radius 2 is 2.04 bits per heavy atom. The summed E-state index contributed by atoms with van der Waals surface area (Å²) in [5, 5.41) is 12.1. The van der Waals surface area contributed by atoms with Crippen LogP contribution in [0.5, 0.6) is 5.88 Å². The zero-order valence-corrected chi connectivity index (χ0v) is 15.7. The summed E-state index contributed by atoms with van der Waals surface area (Å²) >= 11 is 0. The topological polar surface area (TPSA) is 56.0 Å². The second kappa shape index (κ2) is 7.41. The van der Waals surface area contributed by atoms with Crippen molar-refractivity contribution < 1.29 is 14.6 Å². The molecule has 1 aromatic carbocycles. The van der Waals surface area contributed by atoms with Crippen molar-refractivity contribution in [3.63, 3.8) is 0 Å². The van der Waals surface area contributed by atoms with Gasteiger partial charge in [0.05, 0.1) is 55.8 Å². The standard InChI is InChI=1S/C21H28N2O3/c1-3-14(4-2)9-15-5-6-19-17(10-15)20(18-13-25-8-7-22-18)21(24)23(19)16-11-26-12-16/h5-6,10,14,16,24H,3-4,7-9,11-13H2,1-2H3. The molecule has 3 heterocycles. The quantitative estimate of drug-likeness (QED) is 0.858. The number of rotatable bonds is 6. The van der Waals surface area contributed by atoms with Gasteiger partial charge in [0, 0.05) is 5.39 Å². The van der Waals surface area contributed by atoms with Crippen LogP contribution in [0.1, 0.15) is 43.9 Å². The summed E-state index contributed by atoms with van der Waals surface area (Å²) < 4.78 is 13.0. The van der Waals surface area contributed by atoms with Gasteiger partial charge in [-0.3, -0.25) is 4.99 Å². The lowest BCUT2D eigenvalue weighted by atomic mass is 9.93. The molecule has 0 amide bonds. The number of hydrogen-bond donors (Lipinski definition) is 1. The number of fused-ring (bicyclic) bond motifs is 1. The number of aromatic nitrogens is 1. The summed E-state index contributed by atoms with van der Waals surface area (Å²) in [5.41, 5.74) is 4.09. The van der Waals surface area contributed by atoms with Crippen LogP contribution in [-0.2, 0) is 15.9 Å². The van der Waals surface area contributed by atoms with E-state index in [1.165, 1.54) is 18.4 Å². The molecular weight excluding hydrogens is 328 g/mol. The van der Waals surface area contributed by atoms with Gasteiger partial charge in [0.1, 0.15) is 0 Å². The molecular formula is C21H28N2O3. The number of ether oxygens (including phenoxy) is 2. The maximum Gasteiger partial charge on any atom is 0.201 e. The highest BCUT2D eigenvalue weighted by Gasteiger charge is 2.29. The van der Waals surface area contributed by atoms with Crippen molar-refractivity contribution in [3.05, 3.63) is 29.3 Å². The molecule has 0 bridgehead atoms. The molecule has 1 fully saturated rings. The van der Waals surface area contributed by atoms with Crippen molar-refractivity contribution in [3.8, 4) is 5.88 Å². The first-order valence-electron chi connectivity index (χ1n) is 9.77. The number of benzene rings is 1. The summed E-state index contributed by atoms with van der Waals surface area (Å²) in [6.07, 6.45) is 3.45. The summed E-state index contributed by atoms with van der Waals surface area (Å²) in [6.45, 7) is 7.58. The zero-order valence-electron chi connectivity index (χ0n) is 15.7. The fourth-order valence-electron chi connectivity index (χ4n) is 4.02. The molecule has 1 aromatic heterocycles. The Labute approximate surface area is 154 Å². The molecule has 0 atom stereocenters. The molecule has 2 aliphatic rings. The minimum atomic E-state index is 0.196. The first-order chi connectivity index (χ1) is 12.7. The third-order valence-electron chi connectivity index (χ3n) is 5.77. The lowest BCUT2D eigenvalue weighted by Crippen LogP contribution is -2.30. The molecule has 0 saturated carbocycles. The Morgan fingerprint density at radius 3 is 2.65 bits per heavy atom. The van der Waals surface area contributed by atoms with Crippen LogP contribution in [-0.4, -0.2) is 48.4 Å². The van der Waals surface area contributed by atoms with Crippen molar-refractivity contribution in [2.75, 3.05) is 33.0 Å². The van der Waals surface area contributed by atoms with Gasteiger partial charge in [-0.15, -0.1) is 0 Å². The van der Waals surface area contributed by atoms with Crippen molar-refractivity contribution in [2.45, 2.75) is 39.2 Å². The third kappa shape index (κ3) is 3.03. The van der Waals surface area contributed by atoms with E-state index < -0.39 is 0 Å². The Kier molecular flexibility index (Phi) is 5.00. The summed E-state index contributed by atoms with van der Waals surface area (Å²) in [5.74, 6) is 0.999. The van der Waals surface area contributed by atoms with E-state index in [1.807, 2.05) is 4.57 Å². The van der Waals surface area contributed by atoms with Crippen molar-refractivity contribution in [1.82, 2.24) is 4.57 Å². The molecule has 2 aromatic rings. The number of aromatic hydroxyl groups is 1. The van der Waals surface area contributed by atoms with E-state index in [0.29, 0.717) is 44.8 Å². The van der Waals surface area contributed by atoms with Crippen molar-refractivity contribution in [2.24, 2.45) is 10.9 Å². The first kappa shape index (κ1) is 17.6. The van der Waals surface area contributed by atoms with Gasteiger partial charge in [0.15, 0.2) is 0 Å². The van der Waals surface area contributed by atoms with Gasteiger partial charge < -0.3 is 19.1 Å². The van der Waals surface area contributed by atoms with Crippen LogP contribution in [0.2, 0.25) is 0 Å². The minimum Gasteiger partial charge on any atom is -0.494 e. The van der Waals surface area contributed by atoms with Gasteiger partial charge in [-0.25, -0.2) is 0 Å². The Balaban J connectivity index is 1.83. The fraction of sp³-hybridized carbons (Fsp3) is 0.571. The number of nitrogens with zero attached hydrogens (tertiary/aromatic N) is 2. The molecule has 0 aliphatic carbocycles.